The third-order valence-electron chi connectivity index (χ3n) is 2.74. The number of nitrogens with one attached hydrogen (secondary N) is 1. The first kappa shape index (κ1) is 15.5. The molecule has 0 aliphatic rings. The lowest BCUT2D eigenvalue weighted by Crippen LogP contribution is -2.38. The molecule has 0 aliphatic carbocycles. The third-order valence-corrected chi connectivity index (χ3v) is 2.74. The minimum absolute atomic E-state index is 0.0999. The summed E-state index contributed by atoms with van der Waals surface area (Å²) in [5.74, 6) is 0.821. The monoisotopic (exact) mass is 265 g/mol. The summed E-state index contributed by atoms with van der Waals surface area (Å²) in [6, 6.07) is 5.54. The Morgan fingerprint density at radius 3 is 2.63 bits per heavy atom. The lowest BCUT2D eigenvalue weighted by Gasteiger charge is -2.17. The summed E-state index contributed by atoms with van der Waals surface area (Å²) in [4.78, 5) is 11.8. The van der Waals surface area contributed by atoms with Crippen LogP contribution < -0.4 is 10.1 Å². The third kappa shape index (κ3) is 4.91. The molecule has 0 aromatic heterocycles. The molecule has 1 atom stereocenters. The van der Waals surface area contributed by atoms with Crippen LogP contribution in [-0.2, 0) is 11.4 Å². The second-order valence-corrected chi connectivity index (χ2v) is 5.17. The Bertz CT molecular complexity index is 429. The highest BCUT2D eigenvalue weighted by Gasteiger charge is 2.16. The second-order valence-electron chi connectivity index (χ2n) is 5.17. The number of aliphatic hydroxyl groups excluding tert-OH is 1. The molecule has 19 heavy (non-hydrogen) atoms. The largest absolute Gasteiger partial charge is 0.481 e. The first-order chi connectivity index (χ1) is 8.93. The maximum Gasteiger partial charge on any atom is 0.260 e. The van der Waals surface area contributed by atoms with E-state index in [1.54, 1.807) is 13.0 Å². The quantitative estimate of drug-likeness (QED) is 0.827. The number of aryl methyl sites for hydroxylation is 1. The van der Waals surface area contributed by atoms with Gasteiger partial charge in [0.05, 0.1) is 6.61 Å². The van der Waals surface area contributed by atoms with Gasteiger partial charge in [-0.25, -0.2) is 0 Å². The molecule has 0 saturated carbocycles. The van der Waals surface area contributed by atoms with Crippen LogP contribution in [0, 0.1) is 12.8 Å². The number of aliphatic hydroxyl groups is 1. The molecule has 1 aromatic carbocycles. The van der Waals surface area contributed by atoms with Crippen molar-refractivity contribution >= 4 is 5.91 Å². The highest BCUT2D eigenvalue weighted by molar-refractivity contribution is 5.80. The second kappa shape index (κ2) is 7.14. The summed E-state index contributed by atoms with van der Waals surface area (Å²) >= 11 is 0. The van der Waals surface area contributed by atoms with Gasteiger partial charge in [0.1, 0.15) is 5.75 Å². The van der Waals surface area contributed by atoms with Crippen LogP contribution in [0.2, 0.25) is 0 Å². The number of carbonyl (C=O) groups excluding carboxylic acids is 1. The molecule has 106 valence electrons. The van der Waals surface area contributed by atoms with E-state index >= 15 is 0 Å². The molecule has 4 heteroatoms. The van der Waals surface area contributed by atoms with E-state index in [9.17, 15) is 9.90 Å². The first-order valence-corrected chi connectivity index (χ1v) is 6.58. The van der Waals surface area contributed by atoms with Crippen LogP contribution in [0.3, 0.4) is 0 Å². The molecular formula is C15H23NO3. The van der Waals surface area contributed by atoms with Gasteiger partial charge in [-0.3, -0.25) is 4.79 Å². The number of hydrogen-bond acceptors (Lipinski definition) is 3. The first-order valence-electron chi connectivity index (χ1n) is 6.58. The minimum Gasteiger partial charge on any atom is -0.481 e. The van der Waals surface area contributed by atoms with Crippen molar-refractivity contribution in [3.63, 3.8) is 0 Å². The maximum atomic E-state index is 11.8. The molecule has 1 amide bonds. The average molecular weight is 265 g/mol. The Labute approximate surface area is 114 Å². The van der Waals surface area contributed by atoms with Crippen LogP contribution in [0.5, 0.6) is 5.75 Å². The highest BCUT2D eigenvalue weighted by atomic mass is 16.5. The van der Waals surface area contributed by atoms with Crippen molar-refractivity contribution in [1.29, 1.82) is 0 Å². The zero-order valence-electron chi connectivity index (χ0n) is 12.1. The van der Waals surface area contributed by atoms with E-state index in [4.69, 9.17) is 4.74 Å². The fourth-order valence-corrected chi connectivity index (χ4v) is 1.64. The summed E-state index contributed by atoms with van der Waals surface area (Å²) in [5.41, 5.74) is 1.75. The molecule has 1 unspecified atom stereocenters. The zero-order valence-corrected chi connectivity index (χ0v) is 12.1. The maximum absolute atomic E-state index is 11.8. The molecule has 0 spiro atoms. The Morgan fingerprint density at radius 2 is 2.05 bits per heavy atom. The molecule has 0 bridgehead atoms. The molecule has 0 radical (unpaired) electrons. The van der Waals surface area contributed by atoms with E-state index in [1.807, 2.05) is 32.9 Å². The predicted octanol–water partition coefficient (Wildman–Crippen LogP) is 2.03. The van der Waals surface area contributed by atoms with Gasteiger partial charge in [-0.2, -0.15) is 0 Å². The Morgan fingerprint density at radius 1 is 1.37 bits per heavy atom. The zero-order chi connectivity index (χ0) is 14.4. The summed E-state index contributed by atoms with van der Waals surface area (Å²) < 4.78 is 5.61. The lowest BCUT2D eigenvalue weighted by molar-refractivity contribution is -0.127. The Kier molecular flexibility index (Phi) is 5.83. The van der Waals surface area contributed by atoms with Gasteiger partial charge in [0.25, 0.3) is 5.91 Å². The van der Waals surface area contributed by atoms with E-state index in [1.165, 1.54) is 0 Å². The van der Waals surface area contributed by atoms with Gasteiger partial charge in [0.15, 0.2) is 6.10 Å². The standard InChI is InChI=1S/C15H23NO3/c1-10(2)8-16-15(18)12(4)19-14-6-5-11(3)7-13(14)9-17/h5-7,10,12,17H,8-9H2,1-4H3,(H,16,18). The van der Waals surface area contributed by atoms with Crippen LogP contribution in [0.1, 0.15) is 31.9 Å². The predicted molar refractivity (Wildman–Crippen MR) is 75.0 cm³/mol. The summed E-state index contributed by atoms with van der Waals surface area (Å²) in [5, 5.41) is 12.1. The van der Waals surface area contributed by atoms with Gasteiger partial charge >= 0.3 is 0 Å². The Balaban J connectivity index is 2.65. The molecule has 0 aliphatic heterocycles. The number of benzene rings is 1. The summed E-state index contributed by atoms with van der Waals surface area (Å²) in [6.07, 6.45) is -0.577. The summed E-state index contributed by atoms with van der Waals surface area (Å²) in [7, 11) is 0. The van der Waals surface area contributed by atoms with E-state index < -0.39 is 6.10 Å². The number of amides is 1. The van der Waals surface area contributed by atoms with E-state index in [0.717, 1.165) is 5.56 Å². The molecule has 2 N–H and O–H groups in total. The van der Waals surface area contributed by atoms with Gasteiger partial charge in [-0.15, -0.1) is 0 Å². The SMILES string of the molecule is Cc1ccc(OC(C)C(=O)NCC(C)C)c(CO)c1. The molecule has 1 rings (SSSR count). The van der Waals surface area contributed by atoms with Gasteiger partial charge in [-0.05, 0) is 25.8 Å². The van der Waals surface area contributed by atoms with Crippen LogP contribution in [0.4, 0.5) is 0 Å². The highest BCUT2D eigenvalue weighted by Crippen LogP contribution is 2.21. The molecule has 0 fully saturated rings. The molecule has 0 heterocycles. The van der Waals surface area contributed by atoms with Crippen molar-refractivity contribution in [2.24, 2.45) is 5.92 Å². The van der Waals surface area contributed by atoms with Crippen LogP contribution in [0.15, 0.2) is 18.2 Å². The number of ether oxygens (including phenoxy) is 1. The molecule has 1 aromatic rings. The van der Waals surface area contributed by atoms with Crippen LogP contribution in [0.25, 0.3) is 0 Å². The van der Waals surface area contributed by atoms with Crippen molar-refractivity contribution in [2.45, 2.75) is 40.4 Å². The topological polar surface area (TPSA) is 58.6 Å². The van der Waals surface area contributed by atoms with Gasteiger partial charge in [0.2, 0.25) is 0 Å². The smallest absolute Gasteiger partial charge is 0.260 e. The van der Waals surface area contributed by atoms with Crippen molar-refractivity contribution in [1.82, 2.24) is 5.32 Å². The summed E-state index contributed by atoms with van der Waals surface area (Å²) in [6.45, 7) is 8.26. The average Bonchev–Trinajstić information content (AvgIpc) is 2.37. The Hall–Kier alpha value is -1.55. The normalized spacial score (nSPS) is 12.3. The van der Waals surface area contributed by atoms with Gasteiger partial charge in [-0.1, -0.05) is 31.5 Å². The number of hydrogen-bond donors (Lipinski definition) is 2. The van der Waals surface area contributed by atoms with Gasteiger partial charge < -0.3 is 15.2 Å². The molecular weight excluding hydrogens is 242 g/mol. The van der Waals surface area contributed by atoms with E-state index in [2.05, 4.69) is 5.32 Å². The van der Waals surface area contributed by atoms with Gasteiger partial charge in [0, 0.05) is 12.1 Å². The van der Waals surface area contributed by atoms with Crippen molar-refractivity contribution in [3.05, 3.63) is 29.3 Å². The van der Waals surface area contributed by atoms with Crippen LogP contribution in [-0.4, -0.2) is 23.7 Å². The minimum atomic E-state index is -0.577. The number of rotatable bonds is 6. The fraction of sp³-hybridized carbons (Fsp3) is 0.533. The van der Waals surface area contributed by atoms with E-state index in [0.29, 0.717) is 23.8 Å². The van der Waals surface area contributed by atoms with E-state index in [-0.39, 0.29) is 12.5 Å². The molecule has 4 nitrogen and oxygen atoms in total. The molecule has 0 saturated heterocycles. The number of carbonyl (C=O) groups is 1. The van der Waals surface area contributed by atoms with Crippen LogP contribution >= 0.6 is 0 Å². The fourth-order valence-electron chi connectivity index (χ4n) is 1.64. The van der Waals surface area contributed by atoms with Crippen molar-refractivity contribution < 1.29 is 14.6 Å². The van der Waals surface area contributed by atoms with Crippen molar-refractivity contribution in [2.75, 3.05) is 6.54 Å². The lowest BCUT2D eigenvalue weighted by atomic mass is 10.1. The van der Waals surface area contributed by atoms with Crippen molar-refractivity contribution in [3.8, 4) is 5.75 Å².